The van der Waals surface area contributed by atoms with Gasteiger partial charge in [-0.15, -0.1) is 11.3 Å². The van der Waals surface area contributed by atoms with E-state index in [1.54, 1.807) is 11.3 Å². The lowest BCUT2D eigenvalue weighted by Gasteiger charge is -2.13. The lowest BCUT2D eigenvalue weighted by atomic mass is 9.96. The number of aromatic nitrogens is 2. The van der Waals surface area contributed by atoms with Crippen LogP contribution in [0.1, 0.15) is 71.7 Å². The molecule has 0 saturated carbocycles. The Balaban J connectivity index is 1.20. The van der Waals surface area contributed by atoms with Gasteiger partial charge in [0.2, 0.25) is 0 Å². The summed E-state index contributed by atoms with van der Waals surface area (Å²) < 4.78 is 0. The van der Waals surface area contributed by atoms with Crippen LogP contribution in [-0.4, -0.2) is 15.9 Å². The van der Waals surface area contributed by atoms with Crippen LogP contribution in [0, 0.1) is 6.92 Å². The second kappa shape index (κ2) is 12.8. The van der Waals surface area contributed by atoms with Crippen molar-refractivity contribution in [3.05, 3.63) is 112 Å². The molecule has 5 aromatic rings. The summed E-state index contributed by atoms with van der Waals surface area (Å²) >= 11 is 1.61. The fourth-order valence-corrected chi connectivity index (χ4v) is 6.00. The Labute approximate surface area is 235 Å². The van der Waals surface area contributed by atoms with Gasteiger partial charge in [0.15, 0.2) is 0 Å². The Kier molecular flexibility index (Phi) is 8.79. The molecule has 0 aliphatic carbocycles. The van der Waals surface area contributed by atoms with Gasteiger partial charge in [-0.25, -0.2) is 4.98 Å². The number of thiazole rings is 1. The molecule has 2 heterocycles. The van der Waals surface area contributed by atoms with Gasteiger partial charge in [-0.1, -0.05) is 92.1 Å². The molecule has 5 heteroatoms. The van der Waals surface area contributed by atoms with Crippen molar-refractivity contribution in [2.45, 2.75) is 58.3 Å². The van der Waals surface area contributed by atoms with Gasteiger partial charge in [-0.3, -0.25) is 9.78 Å². The van der Waals surface area contributed by atoms with E-state index >= 15 is 0 Å². The number of nitrogens with one attached hydrogen (secondary N) is 1. The molecule has 0 aliphatic heterocycles. The summed E-state index contributed by atoms with van der Waals surface area (Å²) in [5, 5.41) is 7.26. The summed E-state index contributed by atoms with van der Waals surface area (Å²) in [5.41, 5.74) is 6.81. The highest BCUT2D eigenvalue weighted by atomic mass is 32.1. The minimum Gasteiger partial charge on any atom is -0.320 e. The van der Waals surface area contributed by atoms with E-state index in [9.17, 15) is 4.79 Å². The van der Waals surface area contributed by atoms with Gasteiger partial charge >= 0.3 is 0 Å². The van der Waals surface area contributed by atoms with Crippen LogP contribution >= 0.6 is 11.3 Å². The Morgan fingerprint density at radius 3 is 2.51 bits per heavy atom. The lowest BCUT2D eigenvalue weighted by Crippen LogP contribution is -2.13. The van der Waals surface area contributed by atoms with Crippen molar-refractivity contribution < 1.29 is 4.79 Å². The number of amides is 1. The van der Waals surface area contributed by atoms with Gasteiger partial charge in [0, 0.05) is 33.6 Å². The summed E-state index contributed by atoms with van der Waals surface area (Å²) in [6.45, 7) is 4.29. The molecule has 0 radical (unpaired) electrons. The van der Waals surface area contributed by atoms with E-state index in [-0.39, 0.29) is 5.91 Å². The summed E-state index contributed by atoms with van der Waals surface area (Å²) in [7, 11) is 0. The summed E-state index contributed by atoms with van der Waals surface area (Å²) in [4.78, 5) is 22.8. The maximum Gasteiger partial charge on any atom is 0.275 e. The van der Waals surface area contributed by atoms with Crippen LogP contribution in [0.25, 0.3) is 22.0 Å². The third-order valence-electron chi connectivity index (χ3n) is 7.17. The van der Waals surface area contributed by atoms with Crippen LogP contribution < -0.4 is 5.32 Å². The second-order valence-corrected chi connectivity index (χ2v) is 11.1. The molecule has 39 heavy (non-hydrogen) atoms. The standard InChI is InChI=1S/C34H35N3OS/c1-3-10-27(12-4-6-13-28-22-21-26-11-5-8-15-30(26)35-28)34-37-32(23-39-34)33(38)36-31-16-9-7-14-29(31)25-19-17-24(2)18-20-25/h5,7-9,11,14-23,27H,3-4,6,10,12-13H2,1-2H3,(H,36,38). The molecule has 3 aromatic carbocycles. The van der Waals surface area contributed by atoms with Gasteiger partial charge in [0.1, 0.15) is 5.69 Å². The van der Waals surface area contributed by atoms with Crippen LogP contribution in [0.2, 0.25) is 0 Å². The highest BCUT2D eigenvalue weighted by Crippen LogP contribution is 2.31. The minimum absolute atomic E-state index is 0.158. The number of rotatable bonds is 11. The van der Waals surface area contributed by atoms with Crippen molar-refractivity contribution in [3.8, 4) is 11.1 Å². The first-order valence-corrected chi connectivity index (χ1v) is 14.8. The molecular weight excluding hydrogens is 498 g/mol. The van der Waals surface area contributed by atoms with Crippen molar-refractivity contribution in [2.24, 2.45) is 0 Å². The molecular formula is C34H35N3OS. The van der Waals surface area contributed by atoms with Crippen LogP contribution in [0.15, 0.2) is 90.3 Å². The Morgan fingerprint density at radius 1 is 0.872 bits per heavy atom. The molecule has 1 atom stereocenters. The molecule has 1 unspecified atom stereocenters. The number of hydrogen-bond acceptors (Lipinski definition) is 4. The number of pyridine rings is 1. The first-order chi connectivity index (χ1) is 19.1. The number of hydrogen-bond donors (Lipinski definition) is 1. The van der Waals surface area contributed by atoms with Crippen molar-refractivity contribution in [1.29, 1.82) is 0 Å². The fraction of sp³-hybridized carbons (Fsp3) is 0.265. The first kappa shape index (κ1) is 26.8. The largest absolute Gasteiger partial charge is 0.320 e. The van der Waals surface area contributed by atoms with Crippen molar-refractivity contribution >= 4 is 33.8 Å². The van der Waals surface area contributed by atoms with E-state index < -0.39 is 0 Å². The molecule has 0 bridgehead atoms. The molecule has 0 saturated heterocycles. The zero-order chi connectivity index (χ0) is 27.0. The number of aryl methyl sites for hydroxylation is 2. The van der Waals surface area contributed by atoms with E-state index in [0.29, 0.717) is 11.6 Å². The van der Waals surface area contributed by atoms with E-state index in [1.807, 2.05) is 35.7 Å². The molecule has 0 aliphatic rings. The van der Waals surface area contributed by atoms with Gasteiger partial charge < -0.3 is 5.32 Å². The minimum atomic E-state index is -0.158. The van der Waals surface area contributed by atoms with E-state index in [2.05, 4.69) is 73.8 Å². The van der Waals surface area contributed by atoms with Gasteiger partial charge in [-0.2, -0.15) is 0 Å². The average molecular weight is 534 g/mol. The molecule has 2 aromatic heterocycles. The lowest BCUT2D eigenvalue weighted by molar-refractivity contribution is 0.102. The number of para-hydroxylation sites is 2. The van der Waals surface area contributed by atoms with Gasteiger partial charge in [0.05, 0.1) is 10.5 Å². The molecule has 1 amide bonds. The molecule has 198 valence electrons. The van der Waals surface area contributed by atoms with Crippen LogP contribution in [0.3, 0.4) is 0 Å². The summed E-state index contributed by atoms with van der Waals surface area (Å²) in [5.74, 6) is 0.223. The molecule has 0 spiro atoms. The topological polar surface area (TPSA) is 54.9 Å². The normalized spacial score (nSPS) is 11.9. The Hall–Kier alpha value is -3.83. The highest BCUT2D eigenvalue weighted by Gasteiger charge is 2.19. The number of anilines is 1. The number of nitrogens with zero attached hydrogens (tertiary/aromatic N) is 2. The number of unbranched alkanes of at least 4 members (excludes halogenated alkanes) is 1. The molecule has 0 fully saturated rings. The number of carbonyl (C=O) groups excluding carboxylic acids is 1. The monoisotopic (exact) mass is 533 g/mol. The molecule has 1 N–H and O–H groups in total. The smallest absolute Gasteiger partial charge is 0.275 e. The highest BCUT2D eigenvalue weighted by molar-refractivity contribution is 7.10. The van der Waals surface area contributed by atoms with Gasteiger partial charge in [-0.05, 0) is 56.4 Å². The number of carbonyl (C=O) groups is 1. The van der Waals surface area contributed by atoms with E-state index in [0.717, 1.165) is 71.6 Å². The maximum absolute atomic E-state index is 13.2. The third kappa shape index (κ3) is 6.79. The van der Waals surface area contributed by atoms with Crippen LogP contribution in [0.5, 0.6) is 0 Å². The predicted octanol–water partition coefficient (Wildman–Crippen LogP) is 9.22. The van der Waals surface area contributed by atoms with Gasteiger partial charge in [0.25, 0.3) is 5.91 Å². The second-order valence-electron chi connectivity index (χ2n) is 10.2. The predicted molar refractivity (Wildman–Crippen MR) is 164 cm³/mol. The zero-order valence-corrected chi connectivity index (χ0v) is 23.5. The van der Waals surface area contributed by atoms with Crippen molar-refractivity contribution in [2.75, 3.05) is 5.32 Å². The molecule has 5 rings (SSSR count). The summed E-state index contributed by atoms with van der Waals surface area (Å²) in [6.07, 6.45) is 6.45. The fourth-order valence-electron chi connectivity index (χ4n) is 5.03. The zero-order valence-electron chi connectivity index (χ0n) is 22.7. The number of fused-ring (bicyclic) bond motifs is 1. The van der Waals surface area contributed by atoms with E-state index in [4.69, 9.17) is 9.97 Å². The van der Waals surface area contributed by atoms with Crippen molar-refractivity contribution in [1.82, 2.24) is 9.97 Å². The van der Waals surface area contributed by atoms with Crippen molar-refractivity contribution in [3.63, 3.8) is 0 Å². The SMILES string of the molecule is CCCC(CCCCc1ccc2ccccc2n1)c1nc(C(=O)Nc2ccccc2-c2ccc(C)cc2)cs1. The third-order valence-corrected chi connectivity index (χ3v) is 8.18. The maximum atomic E-state index is 13.2. The quantitative estimate of drug-likeness (QED) is 0.172. The summed E-state index contributed by atoms with van der Waals surface area (Å²) in [6, 6.07) is 28.9. The molecule has 4 nitrogen and oxygen atoms in total. The Morgan fingerprint density at radius 2 is 1.67 bits per heavy atom. The number of benzene rings is 3. The Bertz CT molecular complexity index is 1540. The van der Waals surface area contributed by atoms with E-state index in [1.165, 1.54) is 10.9 Å². The van der Waals surface area contributed by atoms with Crippen LogP contribution in [0.4, 0.5) is 5.69 Å². The average Bonchev–Trinajstić information content (AvgIpc) is 3.46. The van der Waals surface area contributed by atoms with Crippen LogP contribution in [-0.2, 0) is 6.42 Å². The first-order valence-electron chi connectivity index (χ1n) is 13.9.